The number of rotatable bonds is 1. The summed E-state index contributed by atoms with van der Waals surface area (Å²) >= 11 is 0. The van der Waals surface area contributed by atoms with Crippen molar-refractivity contribution in [2.75, 3.05) is 0 Å². The molecule has 1 heterocycles. The van der Waals surface area contributed by atoms with Crippen LogP contribution in [0.1, 0.15) is 77.0 Å². The minimum atomic E-state index is 0.498. The first-order valence-corrected chi connectivity index (χ1v) is 9.37. The van der Waals surface area contributed by atoms with E-state index in [2.05, 4.69) is 4.90 Å². The smallest absolute Gasteiger partial charge is 0.0133 e. The normalized spacial score (nSPS) is 49.6. The SMILES string of the molecule is NC1CCC(N2C3CCCCC3C3CCCCC32)CC1. The molecule has 2 nitrogen and oxygen atoms in total. The highest BCUT2D eigenvalue weighted by atomic mass is 15.3. The lowest BCUT2D eigenvalue weighted by atomic mass is 9.73. The molecule has 1 aliphatic heterocycles. The Morgan fingerprint density at radius 2 is 1.10 bits per heavy atom. The van der Waals surface area contributed by atoms with Gasteiger partial charge in [-0.3, -0.25) is 4.90 Å². The van der Waals surface area contributed by atoms with Crippen LogP contribution < -0.4 is 5.73 Å². The molecule has 0 bridgehead atoms. The van der Waals surface area contributed by atoms with Crippen LogP contribution in [0.5, 0.6) is 0 Å². The number of nitrogens with zero attached hydrogens (tertiary/aromatic N) is 1. The second-order valence-electron chi connectivity index (χ2n) is 8.05. The van der Waals surface area contributed by atoms with E-state index in [0.717, 1.165) is 30.0 Å². The number of hydrogen-bond donors (Lipinski definition) is 1. The van der Waals surface area contributed by atoms with Gasteiger partial charge in [0.05, 0.1) is 0 Å². The first-order valence-electron chi connectivity index (χ1n) is 9.37. The summed E-state index contributed by atoms with van der Waals surface area (Å²) in [5, 5.41) is 0. The first-order chi connectivity index (χ1) is 9.84. The van der Waals surface area contributed by atoms with E-state index in [4.69, 9.17) is 5.73 Å². The van der Waals surface area contributed by atoms with Gasteiger partial charge in [0.25, 0.3) is 0 Å². The molecule has 0 aromatic rings. The molecule has 4 aliphatic rings. The number of nitrogens with two attached hydrogens (primary N) is 1. The Hall–Kier alpha value is -0.0800. The fourth-order valence-corrected chi connectivity index (χ4v) is 6.21. The number of fused-ring (bicyclic) bond motifs is 3. The van der Waals surface area contributed by atoms with Gasteiger partial charge in [0.1, 0.15) is 0 Å². The molecule has 2 N–H and O–H groups in total. The van der Waals surface area contributed by atoms with Crippen molar-refractivity contribution in [1.29, 1.82) is 0 Å². The molecular formula is C18H32N2. The van der Waals surface area contributed by atoms with Crippen LogP contribution in [0.25, 0.3) is 0 Å². The first kappa shape index (κ1) is 13.6. The van der Waals surface area contributed by atoms with Crippen LogP contribution in [0.4, 0.5) is 0 Å². The zero-order valence-electron chi connectivity index (χ0n) is 13.0. The average molecular weight is 276 g/mol. The van der Waals surface area contributed by atoms with Crippen molar-refractivity contribution in [3.8, 4) is 0 Å². The third-order valence-corrected chi connectivity index (χ3v) is 7.04. The van der Waals surface area contributed by atoms with Gasteiger partial charge in [0.2, 0.25) is 0 Å². The van der Waals surface area contributed by atoms with Crippen LogP contribution in [0, 0.1) is 11.8 Å². The fourth-order valence-electron chi connectivity index (χ4n) is 6.21. The monoisotopic (exact) mass is 276 g/mol. The molecule has 114 valence electrons. The molecule has 4 rings (SSSR count). The quantitative estimate of drug-likeness (QED) is 0.791. The molecule has 4 fully saturated rings. The second kappa shape index (κ2) is 5.61. The van der Waals surface area contributed by atoms with Crippen molar-refractivity contribution in [3.63, 3.8) is 0 Å². The van der Waals surface area contributed by atoms with E-state index < -0.39 is 0 Å². The van der Waals surface area contributed by atoms with Crippen molar-refractivity contribution in [3.05, 3.63) is 0 Å². The van der Waals surface area contributed by atoms with Crippen LogP contribution in [0.3, 0.4) is 0 Å². The Morgan fingerprint density at radius 1 is 0.600 bits per heavy atom. The molecule has 3 saturated carbocycles. The molecular weight excluding hydrogens is 244 g/mol. The van der Waals surface area contributed by atoms with Gasteiger partial charge in [-0.1, -0.05) is 25.7 Å². The summed E-state index contributed by atoms with van der Waals surface area (Å²) < 4.78 is 0. The van der Waals surface area contributed by atoms with Crippen LogP contribution in [0.2, 0.25) is 0 Å². The van der Waals surface area contributed by atoms with Gasteiger partial charge in [-0.15, -0.1) is 0 Å². The van der Waals surface area contributed by atoms with Crippen molar-refractivity contribution in [2.24, 2.45) is 17.6 Å². The van der Waals surface area contributed by atoms with Gasteiger partial charge in [-0.25, -0.2) is 0 Å². The van der Waals surface area contributed by atoms with Crippen LogP contribution in [0.15, 0.2) is 0 Å². The van der Waals surface area contributed by atoms with Gasteiger partial charge < -0.3 is 5.73 Å². The molecule has 2 heteroatoms. The lowest BCUT2D eigenvalue weighted by Crippen LogP contribution is -2.49. The van der Waals surface area contributed by atoms with Gasteiger partial charge in [0.15, 0.2) is 0 Å². The summed E-state index contributed by atoms with van der Waals surface area (Å²) in [4.78, 5) is 3.07. The number of hydrogen-bond acceptors (Lipinski definition) is 2. The van der Waals surface area contributed by atoms with Gasteiger partial charge in [-0.05, 0) is 63.2 Å². The molecule has 0 spiro atoms. The zero-order valence-corrected chi connectivity index (χ0v) is 13.0. The van der Waals surface area contributed by atoms with E-state index in [1.165, 1.54) is 77.0 Å². The molecule has 0 aromatic carbocycles. The fraction of sp³-hybridized carbons (Fsp3) is 1.00. The maximum atomic E-state index is 6.14. The molecule has 0 radical (unpaired) electrons. The summed E-state index contributed by atoms with van der Waals surface area (Å²) in [5.74, 6) is 2.12. The van der Waals surface area contributed by atoms with Crippen molar-refractivity contribution in [2.45, 2.75) is 101 Å². The van der Waals surface area contributed by atoms with Crippen molar-refractivity contribution < 1.29 is 0 Å². The summed E-state index contributed by atoms with van der Waals surface area (Å²) in [5.41, 5.74) is 6.14. The van der Waals surface area contributed by atoms with E-state index in [0.29, 0.717) is 6.04 Å². The second-order valence-corrected chi connectivity index (χ2v) is 8.05. The molecule has 4 unspecified atom stereocenters. The summed E-state index contributed by atoms with van der Waals surface area (Å²) in [7, 11) is 0. The van der Waals surface area contributed by atoms with E-state index in [1.807, 2.05) is 0 Å². The molecule has 0 aromatic heterocycles. The Bertz CT molecular complexity index is 312. The summed E-state index contributed by atoms with van der Waals surface area (Å²) in [6.07, 6.45) is 17.4. The highest BCUT2D eigenvalue weighted by Crippen LogP contribution is 2.51. The van der Waals surface area contributed by atoms with Gasteiger partial charge in [0, 0.05) is 24.2 Å². The number of likely N-dealkylation sites (tertiary alicyclic amines) is 1. The largest absolute Gasteiger partial charge is 0.328 e. The summed E-state index contributed by atoms with van der Waals surface area (Å²) in [6, 6.07) is 3.29. The summed E-state index contributed by atoms with van der Waals surface area (Å²) in [6.45, 7) is 0. The molecule has 20 heavy (non-hydrogen) atoms. The maximum absolute atomic E-state index is 6.14. The van der Waals surface area contributed by atoms with E-state index in [9.17, 15) is 0 Å². The highest BCUT2D eigenvalue weighted by molar-refractivity contribution is 5.05. The maximum Gasteiger partial charge on any atom is 0.0133 e. The van der Waals surface area contributed by atoms with E-state index >= 15 is 0 Å². The van der Waals surface area contributed by atoms with Gasteiger partial charge in [-0.2, -0.15) is 0 Å². The highest BCUT2D eigenvalue weighted by Gasteiger charge is 2.51. The van der Waals surface area contributed by atoms with Crippen molar-refractivity contribution >= 4 is 0 Å². The third kappa shape index (κ3) is 2.23. The topological polar surface area (TPSA) is 29.3 Å². The van der Waals surface area contributed by atoms with Gasteiger partial charge >= 0.3 is 0 Å². The minimum Gasteiger partial charge on any atom is -0.328 e. The zero-order chi connectivity index (χ0) is 13.5. The Labute approximate surface area is 124 Å². The Morgan fingerprint density at radius 3 is 1.65 bits per heavy atom. The molecule has 0 amide bonds. The van der Waals surface area contributed by atoms with Crippen LogP contribution in [-0.2, 0) is 0 Å². The molecule has 1 saturated heterocycles. The van der Waals surface area contributed by atoms with E-state index in [1.54, 1.807) is 0 Å². The lowest BCUT2D eigenvalue weighted by molar-refractivity contribution is 0.0623. The van der Waals surface area contributed by atoms with Crippen molar-refractivity contribution in [1.82, 2.24) is 4.90 Å². The predicted octanol–water partition coefficient (Wildman–Crippen LogP) is 3.69. The van der Waals surface area contributed by atoms with Crippen LogP contribution >= 0.6 is 0 Å². The average Bonchev–Trinajstić information content (AvgIpc) is 2.83. The van der Waals surface area contributed by atoms with Crippen LogP contribution in [-0.4, -0.2) is 29.1 Å². The molecule has 3 aliphatic carbocycles. The predicted molar refractivity (Wildman–Crippen MR) is 83.6 cm³/mol. The standard InChI is InChI=1S/C18H32N2/c19-13-9-11-14(12-10-13)20-17-7-3-1-5-15(17)16-6-2-4-8-18(16)20/h13-18H,1-12,19H2. The third-order valence-electron chi connectivity index (χ3n) is 7.04. The minimum absolute atomic E-state index is 0.498. The van der Waals surface area contributed by atoms with E-state index in [-0.39, 0.29) is 0 Å². The molecule has 4 atom stereocenters. The Kier molecular flexibility index (Phi) is 3.80. The Balaban J connectivity index is 1.56. The lowest BCUT2D eigenvalue weighted by Gasteiger charge is -2.43.